The van der Waals surface area contributed by atoms with Crippen LogP contribution in [0, 0.1) is 5.82 Å². The van der Waals surface area contributed by atoms with E-state index in [4.69, 9.17) is 11.5 Å². The van der Waals surface area contributed by atoms with Crippen LogP contribution in [-0.2, 0) is 0 Å². The third kappa shape index (κ3) is 2.46. The first-order valence-corrected chi connectivity index (χ1v) is 3.65. The number of phenols is 1. The summed E-state index contributed by atoms with van der Waals surface area (Å²) in [6.07, 6.45) is 0. The Morgan fingerprint density at radius 3 is 2.50 bits per heavy atom. The van der Waals surface area contributed by atoms with E-state index in [0.717, 1.165) is 12.1 Å². The van der Waals surface area contributed by atoms with Crippen LogP contribution in [0.3, 0.4) is 0 Å². The molecule has 1 aromatic rings. The number of hydrogen-bond donors (Lipinski definition) is 3. The fourth-order valence-corrected chi connectivity index (χ4v) is 1.01. The molecule has 80 valence electrons. The topological polar surface area (TPSA) is 72.3 Å². The van der Waals surface area contributed by atoms with Crippen molar-refractivity contribution in [2.75, 3.05) is 12.4 Å². The van der Waals surface area contributed by atoms with Crippen LogP contribution in [0.15, 0.2) is 12.1 Å². The Hall–Kier alpha value is -1.07. The summed E-state index contributed by atoms with van der Waals surface area (Å²) in [7, 11) is 0. The van der Waals surface area contributed by atoms with Gasteiger partial charge in [-0.3, -0.25) is 0 Å². The Morgan fingerprint density at radius 2 is 2.00 bits per heavy atom. The van der Waals surface area contributed by atoms with Crippen LogP contribution in [-0.4, -0.2) is 11.8 Å². The normalized spacial score (nSPS) is 11.9. The van der Waals surface area contributed by atoms with Gasteiger partial charge in [0.2, 0.25) is 0 Å². The lowest BCUT2D eigenvalue weighted by Gasteiger charge is -2.11. The third-order valence-corrected chi connectivity index (χ3v) is 1.70. The Balaban J connectivity index is 0.00000169. The predicted molar refractivity (Wildman–Crippen MR) is 52.6 cm³/mol. The first-order chi connectivity index (χ1) is 6.06. The quantitative estimate of drug-likeness (QED) is 0.527. The predicted octanol–water partition coefficient (Wildman–Crippen LogP) is 1.50. The fourth-order valence-electron chi connectivity index (χ4n) is 1.01. The molecule has 0 unspecified atom stereocenters. The Labute approximate surface area is 86.1 Å². The van der Waals surface area contributed by atoms with E-state index < -0.39 is 18.5 Å². The van der Waals surface area contributed by atoms with Gasteiger partial charge in [0.25, 0.3) is 0 Å². The van der Waals surface area contributed by atoms with E-state index in [1.807, 2.05) is 0 Å². The second-order valence-electron chi connectivity index (χ2n) is 2.69. The number of aromatic hydroxyl groups is 1. The number of anilines is 1. The van der Waals surface area contributed by atoms with Crippen molar-refractivity contribution in [3.8, 4) is 5.75 Å². The van der Waals surface area contributed by atoms with Gasteiger partial charge in [0.15, 0.2) is 0 Å². The van der Waals surface area contributed by atoms with E-state index in [1.54, 1.807) is 0 Å². The second-order valence-corrected chi connectivity index (χ2v) is 2.69. The highest BCUT2D eigenvalue weighted by molar-refractivity contribution is 5.85. The number of hydrogen-bond acceptors (Lipinski definition) is 3. The number of benzene rings is 1. The van der Waals surface area contributed by atoms with Crippen molar-refractivity contribution in [1.82, 2.24) is 0 Å². The van der Waals surface area contributed by atoms with Crippen molar-refractivity contribution >= 4 is 18.1 Å². The number of nitrogens with two attached hydrogens (primary N) is 2. The smallest absolute Gasteiger partial charge is 0.143 e. The van der Waals surface area contributed by atoms with Gasteiger partial charge in [-0.15, -0.1) is 12.4 Å². The monoisotopic (exact) mass is 224 g/mol. The molecule has 0 aromatic heterocycles. The van der Waals surface area contributed by atoms with Crippen LogP contribution in [0.25, 0.3) is 0 Å². The van der Waals surface area contributed by atoms with Crippen LogP contribution in [0.4, 0.5) is 14.5 Å². The summed E-state index contributed by atoms with van der Waals surface area (Å²) in [6, 6.07) is 0.873. The molecule has 0 aliphatic heterocycles. The molecule has 0 bridgehead atoms. The molecule has 0 saturated carbocycles. The molecule has 1 rings (SSSR count). The van der Waals surface area contributed by atoms with Crippen molar-refractivity contribution in [3.63, 3.8) is 0 Å². The lowest BCUT2D eigenvalue weighted by molar-refractivity contribution is 0.413. The molecule has 0 fully saturated rings. The molecule has 0 aliphatic rings. The summed E-state index contributed by atoms with van der Waals surface area (Å²) in [5.41, 5.74) is 10.4. The number of phenolic OH excluding ortho intramolecular Hbond substituents is 1. The molecule has 0 spiro atoms. The maximum Gasteiger partial charge on any atom is 0.143 e. The highest BCUT2D eigenvalue weighted by Gasteiger charge is 2.14. The summed E-state index contributed by atoms with van der Waals surface area (Å²) < 4.78 is 24.9. The molecule has 0 heterocycles. The van der Waals surface area contributed by atoms with E-state index in [9.17, 15) is 13.9 Å². The van der Waals surface area contributed by atoms with Crippen LogP contribution in [0.5, 0.6) is 5.75 Å². The molecule has 0 amide bonds. The van der Waals surface area contributed by atoms with Crippen LogP contribution in [0.1, 0.15) is 11.6 Å². The second kappa shape index (κ2) is 4.97. The summed E-state index contributed by atoms with van der Waals surface area (Å²) >= 11 is 0. The Bertz CT molecular complexity index is 322. The lowest BCUT2D eigenvalue weighted by Crippen LogP contribution is -2.13. The van der Waals surface area contributed by atoms with Gasteiger partial charge in [0.1, 0.15) is 18.2 Å². The minimum Gasteiger partial charge on any atom is -0.505 e. The maximum absolute atomic E-state index is 12.7. The minimum atomic E-state index is -1.04. The lowest BCUT2D eigenvalue weighted by atomic mass is 10.1. The van der Waals surface area contributed by atoms with Crippen LogP contribution in [0.2, 0.25) is 0 Å². The number of nitrogen functional groups attached to an aromatic ring is 1. The molecule has 1 aromatic carbocycles. The zero-order chi connectivity index (χ0) is 10.0. The average molecular weight is 225 g/mol. The highest BCUT2D eigenvalue weighted by Crippen LogP contribution is 2.30. The van der Waals surface area contributed by atoms with Crippen molar-refractivity contribution in [1.29, 1.82) is 0 Å². The van der Waals surface area contributed by atoms with E-state index in [2.05, 4.69) is 0 Å². The van der Waals surface area contributed by atoms with Gasteiger partial charge < -0.3 is 16.6 Å². The molecular formula is C8H11ClF2N2O. The SMILES string of the molecule is Cl.Nc1cc(F)cc([C@@H](N)CF)c1O. The van der Waals surface area contributed by atoms with Crippen LogP contribution < -0.4 is 11.5 Å². The molecule has 5 N–H and O–H groups in total. The minimum absolute atomic E-state index is 0. The van der Waals surface area contributed by atoms with Gasteiger partial charge in [0.05, 0.1) is 11.7 Å². The van der Waals surface area contributed by atoms with Gasteiger partial charge in [-0.1, -0.05) is 0 Å². The average Bonchev–Trinajstić information content (AvgIpc) is 2.10. The third-order valence-electron chi connectivity index (χ3n) is 1.70. The molecular weight excluding hydrogens is 214 g/mol. The fraction of sp³-hybridized carbons (Fsp3) is 0.250. The van der Waals surface area contributed by atoms with E-state index in [0.29, 0.717) is 0 Å². The Kier molecular flexibility index (Phi) is 4.59. The largest absolute Gasteiger partial charge is 0.505 e. The van der Waals surface area contributed by atoms with Gasteiger partial charge >= 0.3 is 0 Å². The Morgan fingerprint density at radius 1 is 1.43 bits per heavy atom. The van der Waals surface area contributed by atoms with Gasteiger partial charge in [-0.25, -0.2) is 8.78 Å². The van der Waals surface area contributed by atoms with Crippen LogP contribution >= 0.6 is 12.4 Å². The molecule has 14 heavy (non-hydrogen) atoms. The van der Waals surface area contributed by atoms with Gasteiger partial charge in [-0.05, 0) is 6.07 Å². The van der Waals surface area contributed by atoms with E-state index in [1.165, 1.54) is 0 Å². The molecule has 1 atom stereocenters. The summed E-state index contributed by atoms with van der Waals surface area (Å²) in [6.45, 7) is -0.879. The van der Waals surface area contributed by atoms with Crippen molar-refractivity contribution in [2.45, 2.75) is 6.04 Å². The summed E-state index contributed by atoms with van der Waals surface area (Å²) in [5.74, 6) is -0.999. The van der Waals surface area contributed by atoms with Gasteiger partial charge in [-0.2, -0.15) is 0 Å². The van der Waals surface area contributed by atoms with E-state index in [-0.39, 0.29) is 29.4 Å². The first-order valence-electron chi connectivity index (χ1n) is 3.65. The first kappa shape index (κ1) is 12.9. The number of alkyl halides is 1. The maximum atomic E-state index is 12.7. The van der Waals surface area contributed by atoms with Crippen molar-refractivity contribution < 1.29 is 13.9 Å². The number of halogens is 3. The molecule has 3 nitrogen and oxygen atoms in total. The summed E-state index contributed by atoms with van der Waals surface area (Å²) in [4.78, 5) is 0. The van der Waals surface area contributed by atoms with Crippen molar-refractivity contribution in [3.05, 3.63) is 23.5 Å². The zero-order valence-electron chi connectivity index (χ0n) is 7.21. The molecule has 0 saturated heterocycles. The zero-order valence-corrected chi connectivity index (χ0v) is 8.02. The highest BCUT2D eigenvalue weighted by atomic mass is 35.5. The number of rotatable bonds is 2. The molecule has 0 aliphatic carbocycles. The van der Waals surface area contributed by atoms with Gasteiger partial charge in [0, 0.05) is 11.6 Å². The molecule has 0 radical (unpaired) electrons. The van der Waals surface area contributed by atoms with E-state index >= 15 is 0 Å². The molecule has 6 heteroatoms. The van der Waals surface area contributed by atoms with Crippen molar-refractivity contribution in [2.24, 2.45) is 5.73 Å². The standard InChI is InChI=1S/C8H10F2N2O.ClH/c9-3-7(12)5-1-4(10)2-6(11)8(5)13;/h1-2,7,13H,3,11-12H2;1H/t7-;/m0./s1. The summed E-state index contributed by atoms with van der Waals surface area (Å²) in [5, 5.41) is 9.29.